The third kappa shape index (κ3) is 3.80. The normalized spacial score (nSPS) is 15.8. The van der Waals surface area contributed by atoms with Crippen LogP contribution < -0.4 is 11.1 Å². The number of benzene rings is 3. The highest BCUT2D eigenvalue weighted by atomic mass is 35.5. The second kappa shape index (κ2) is 7.98. The van der Waals surface area contributed by atoms with E-state index in [1.54, 1.807) is 6.07 Å². The number of carbonyl (C=O) groups is 1. The van der Waals surface area contributed by atoms with Gasteiger partial charge in [0.15, 0.2) is 0 Å². The number of halogens is 2. The monoisotopic (exact) mass is 437 g/mol. The summed E-state index contributed by atoms with van der Waals surface area (Å²) >= 11 is 0. The summed E-state index contributed by atoms with van der Waals surface area (Å²) in [5.41, 5.74) is 10.6. The summed E-state index contributed by atoms with van der Waals surface area (Å²) < 4.78 is 13.5. The van der Waals surface area contributed by atoms with Gasteiger partial charge < -0.3 is 16.0 Å². The van der Waals surface area contributed by atoms with Crippen molar-refractivity contribution >= 4 is 45.8 Å². The van der Waals surface area contributed by atoms with Gasteiger partial charge in [-0.1, -0.05) is 24.3 Å². The number of aromatic amines is 1. The number of hydrogen-bond acceptors (Lipinski definition) is 2. The highest BCUT2D eigenvalue weighted by Crippen LogP contribution is 2.39. The van der Waals surface area contributed by atoms with Crippen molar-refractivity contribution in [1.29, 1.82) is 0 Å². The summed E-state index contributed by atoms with van der Waals surface area (Å²) in [5.74, 6) is -0.685. The number of nitrogens with two attached hydrogens (primary N) is 1. The van der Waals surface area contributed by atoms with Crippen molar-refractivity contribution in [3.63, 3.8) is 0 Å². The molecule has 4 aromatic rings. The second-order valence-electron chi connectivity index (χ2n) is 8.42. The third-order valence-electron chi connectivity index (χ3n) is 6.43. The van der Waals surface area contributed by atoms with Crippen LogP contribution in [0.2, 0.25) is 0 Å². The van der Waals surface area contributed by atoms with E-state index in [9.17, 15) is 9.18 Å². The minimum absolute atomic E-state index is 0. The van der Waals surface area contributed by atoms with Crippen molar-refractivity contribution in [2.45, 2.75) is 37.6 Å². The standard InChI is InChI=1S/C25H24FN3O.ClH/c1-15(24(30)28-19-5-2-4-17(13-19)25(27)10-3-11-25)16-6-8-20-21-9-7-18(26)14-23(21)29-22(20)12-16;/h2,4-9,12-15,29H,3,10-11,27H2,1H3,(H,28,30);1H. The smallest absolute Gasteiger partial charge is 0.231 e. The fourth-order valence-electron chi connectivity index (χ4n) is 4.32. The molecule has 160 valence electrons. The molecule has 5 rings (SSSR count). The first-order valence-electron chi connectivity index (χ1n) is 10.3. The first kappa shape index (κ1) is 21.3. The van der Waals surface area contributed by atoms with Gasteiger partial charge in [0.1, 0.15) is 5.82 Å². The van der Waals surface area contributed by atoms with Gasteiger partial charge in [0.05, 0.1) is 5.92 Å². The molecule has 1 aliphatic carbocycles. The van der Waals surface area contributed by atoms with E-state index in [2.05, 4.69) is 10.3 Å². The Bertz CT molecular complexity index is 1280. The molecule has 0 aliphatic heterocycles. The molecule has 4 N–H and O–H groups in total. The van der Waals surface area contributed by atoms with Crippen LogP contribution in [0.15, 0.2) is 60.7 Å². The summed E-state index contributed by atoms with van der Waals surface area (Å²) in [5, 5.41) is 5.02. The van der Waals surface area contributed by atoms with Gasteiger partial charge in [-0.15, -0.1) is 12.4 Å². The van der Waals surface area contributed by atoms with Gasteiger partial charge in [0.25, 0.3) is 0 Å². The number of aromatic nitrogens is 1. The largest absolute Gasteiger partial charge is 0.354 e. The number of nitrogens with one attached hydrogen (secondary N) is 2. The highest BCUT2D eigenvalue weighted by molar-refractivity contribution is 6.07. The van der Waals surface area contributed by atoms with Crippen LogP contribution in [0.3, 0.4) is 0 Å². The molecule has 1 aromatic heterocycles. The van der Waals surface area contributed by atoms with Crippen molar-refractivity contribution in [3.05, 3.63) is 77.6 Å². The second-order valence-corrected chi connectivity index (χ2v) is 8.42. The van der Waals surface area contributed by atoms with Gasteiger partial charge in [-0.3, -0.25) is 4.79 Å². The van der Waals surface area contributed by atoms with Gasteiger partial charge in [0.2, 0.25) is 5.91 Å². The molecule has 3 aromatic carbocycles. The molecule has 6 heteroatoms. The number of anilines is 1. The van der Waals surface area contributed by atoms with Crippen molar-refractivity contribution in [1.82, 2.24) is 4.98 Å². The van der Waals surface area contributed by atoms with E-state index in [1.165, 1.54) is 12.1 Å². The Balaban J connectivity index is 0.00000231. The van der Waals surface area contributed by atoms with E-state index in [-0.39, 0.29) is 35.6 Å². The van der Waals surface area contributed by atoms with Crippen molar-refractivity contribution < 1.29 is 9.18 Å². The Labute approximate surface area is 186 Å². The molecule has 1 fully saturated rings. The Morgan fingerprint density at radius 1 is 1.06 bits per heavy atom. The maximum Gasteiger partial charge on any atom is 0.231 e. The van der Waals surface area contributed by atoms with Gasteiger partial charge in [-0.25, -0.2) is 4.39 Å². The first-order chi connectivity index (χ1) is 14.4. The minimum Gasteiger partial charge on any atom is -0.354 e. The van der Waals surface area contributed by atoms with Crippen LogP contribution in [0.1, 0.15) is 43.2 Å². The highest BCUT2D eigenvalue weighted by Gasteiger charge is 2.34. The molecule has 1 atom stereocenters. The Kier molecular flexibility index (Phi) is 5.50. The molecule has 4 nitrogen and oxygen atoms in total. The molecule has 1 amide bonds. The van der Waals surface area contributed by atoms with Crippen LogP contribution in [-0.2, 0) is 10.3 Å². The quantitative estimate of drug-likeness (QED) is 0.368. The van der Waals surface area contributed by atoms with E-state index >= 15 is 0 Å². The molecule has 0 radical (unpaired) electrons. The topological polar surface area (TPSA) is 70.9 Å². The zero-order valence-electron chi connectivity index (χ0n) is 17.2. The number of H-pyrrole nitrogens is 1. The minimum atomic E-state index is -0.336. The summed E-state index contributed by atoms with van der Waals surface area (Å²) in [6.45, 7) is 1.89. The van der Waals surface area contributed by atoms with Crippen molar-refractivity contribution in [3.8, 4) is 0 Å². The zero-order valence-corrected chi connectivity index (χ0v) is 18.1. The summed E-state index contributed by atoms with van der Waals surface area (Å²) in [6.07, 6.45) is 3.11. The van der Waals surface area contributed by atoms with Gasteiger partial charge >= 0.3 is 0 Å². The maximum atomic E-state index is 13.5. The molecule has 1 unspecified atom stereocenters. The number of fused-ring (bicyclic) bond motifs is 3. The number of amides is 1. The lowest BCUT2D eigenvalue weighted by molar-refractivity contribution is -0.117. The predicted molar refractivity (Wildman–Crippen MR) is 126 cm³/mol. The number of rotatable bonds is 4. The van der Waals surface area contributed by atoms with Crippen LogP contribution in [0.25, 0.3) is 21.8 Å². The SMILES string of the molecule is CC(C(=O)Nc1cccc(C2(N)CCC2)c1)c1ccc2c(c1)[nH]c1cc(F)ccc12.Cl. The van der Waals surface area contributed by atoms with Crippen LogP contribution in [0.4, 0.5) is 10.1 Å². The molecule has 0 saturated heterocycles. The Morgan fingerprint density at radius 3 is 2.48 bits per heavy atom. The Hall–Kier alpha value is -2.89. The first-order valence-corrected chi connectivity index (χ1v) is 10.3. The van der Waals surface area contributed by atoms with Crippen LogP contribution in [-0.4, -0.2) is 10.9 Å². The van der Waals surface area contributed by atoms with E-state index in [0.29, 0.717) is 0 Å². The summed E-state index contributed by atoms with van der Waals surface area (Å²) in [7, 11) is 0. The lowest BCUT2D eigenvalue weighted by Gasteiger charge is -2.38. The lowest BCUT2D eigenvalue weighted by Crippen LogP contribution is -2.43. The van der Waals surface area contributed by atoms with Crippen LogP contribution in [0, 0.1) is 5.82 Å². The van der Waals surface area contributed by atoms with E-state index in [0.717, 1.165) is 57.9 Å². The number of carbonyl (C=O) groups excluding carboxylic acids is 1. The molecule has 1 heterocycles. The van der Waals surface area contributed by atoms with E-state index in [4.69, 9.17) is 5.73 Å². The van der Waals surface area contributed by atoms with Crippen LogP contribution in [0.5, 0.6) is 0 Å². The van der Waals surface area contributed by atoms with Gasteiger partial charge in [-0.05, 0) is 73.7 Å². The zero-order chi connectivity index (χ0) is 20.9. The molecule has 31 heavy (non-hydrogen) atoms. The van der Waals surface area contributed by atoms with Gasteiger partial charge in [-0.2, -0.15) is 0 Å². The average Bonchev–Trinajstić information content (AvgIpc) is 3.08. The molecular weight excluding hydrogens is 413 g/mol. The Morgan fingerprint density at radius 2 is 1.77 bits per heavy atom. The fourth-order valence-corrected chi connectivity index (χ4v) is 4.32. The van der Waals surface area contributed by atoms with Crippen molar-refractivity contribution in [2.24, 2.45) is 5.73 Å². The summed E-state index contributed by atoms with van der Waals surface area (Å²) in [4.78, 5) is 16.2. The maximum absolute atomic E-state index is 13.5. The van der Waals surface area contributed by atoms with E-state index < -0.39 is 0 Å². The molecule has 0 spiro atoms. The van der Waals surface area contributed by atoms with Gasteiger partial charge in [0, 0.05) is 33.0 Å². The lowest BCUT2D eigenvalue weighted by atomic mass is 9.73. The molecular formula is C25H25ClFN3O. The average molecular weight is 438 g/mol. The molecule has 1 aliphatic rings. The van der Waals surface area contributed by atoms with Crippen molar-refractivity contribution in [2.75, 3.05) is 5.32 Å². The molecule has 0 bridgehead atoms. The third-order valence-corrected chi connectivity index (χ3v) is 6.43. The summed E-state index contributed by atoms with van der Waals surface area (Å²) in [6, 6.07) is 18.5. The number of hydrogen-bond donors (Lipinski definition) is 3. The van der Waals surface area contributed by atoms with E-state index in [1.807, 2.05) is 49.4 Å². The fraction of sp³-hybridized carbons (Fsp3) is 0.240. The molecule has 1 saturated carbocycles. The van der Waals surface area contributed by atoms with Crippen LogP contribution >= 0.6 is 12.4 Å². The predicted octanol–water partition coefficient (Wildman–Crippen LogP) is 5.96.